The second-order valence-electron chi connectivity index (χ2n) is 5.80. The van der Waals surface area contributed by atoms with Crippen LogP contribution in [0.2, 0.25) is 0 Å². The molecule has 0 radical (unpaired) electrons. The fourth-order valence-electron chi connectivity index (χ4n) is 3.22. The summed E-state index contributed by atoms with van der Waals surface area (Å²) in [6, 6.07) is 0.522. The predicted molar refractivity (Wildman–Crippen MR) is 65.7 cm³/mol. The van der Waals surface area contributed by atoms with Gasteiger partial charge in [0.2, 0.25) is 0 Å². The van der Waals surface area contributed by atoms with Gasteiger partial charge in [-0.3, -0.25) is 0 Å². The summed E-state index contributed by atoms with van der Waals surface area (Å²) in [4.78, 5) is 0. The molecule has 1 unspecified atom stereocenters. The van der Waals surface area contributed by atoms with Gasteiger partial charge in [0, 0.05) is 6.04 Å². The Bertz CT molecular complexity index is 166. The summed E-state index contributed by atoms with van der Waals surface area (Å²) in [5.74, 6) is 1.84. The van der Waals surface area contributed by atoms with Crippen molar-refractivity contribution in [1.82, 2.24) is 0 Å². The van der Waals surface area contributed by atoms with E-state index in [0.29, 0.717) is 6.04 Å². The van der Waals surface area contributed by atoms with Crippen LogP contribution < -0.4 is 5.73 Å². The molecule has 1 atom stereocenters. The minimum absolute atomic E-state index is 0.522. The fraction of sp³-hybridized carbons (Fsp3) is 1.00. The first-order valence-electron chi connectivity index (χ1n) is 7.12. The van der Waals surface area contributed by atoms with Gasteiger partial charge in [-0.05, 0) is 31.1 Å². The molecule has 2 fully saturated rings. The Hall–Kier alpha value is -0.0400. The molecule has 0 saturated heterocycles. The molecule has 88 valence electrons. The van der Waals surface area contributed by atoms with Crippen LogP contribution in [-0.4, -0.2) is 6.04 Å². The van der Waals surface area contributed by atoms with E-state index in [1.165, 1.54) is 70.6 Å². The summed E-state index contributed by atoms with van der Waals surface area (Å²) >= 11 is 0. The second-order valence-corrected chi connectivity index (χ2v) is 5.80. The molecule has 2 aliphatic rings. The van der Waals surface area contributed by atoms with E-state index in [-0.39, 0.29) is 0 Å². The van der Waals surface area contributed by atoms with Crippen LogP contribution in [0.3, 0.4) is 0 Å². The molecule has 0 aromatic rings. The average Bonchev–Trinajstić information content (AvgIpc) is 2.10. The lowest BCUT2D eigenvalue weighted by atomic mass is 9.76. The van der Waals surface area contributed by atoms with Gasteiger partial charge in [0.05, 0.1) is 0 Å². The molecule has 0 amide bonds. The van der Waals surface area contributed by atoms with Crippen molar-refractivity contribution in [3.8, 4) is 0 Å². The summed E-state index contributed by atoms with van der Waals surface area (Å²) in [6.45, 7) is 0. The topological polar surface area (TPSA) is 26.0 Å². The smallest absolute Gasteiger partial charge is 0.00697 e. The number of nitrogens with two attached hydrogens (primary N) is 1. The van der Waals surface area contributed by atoms with E-state index in [0.717, 1.165) is 11.8 Å². The zero-order valence-corrected chi connectivity index (χ0v) is 10.1. The number of rotatable bonds is 3. The predicted octanol–water partition coefficient (Wildman–Crippen LogP) is 3.86. The third-order valence-electron chi connectivity index (χ3n) is 4.59. The Labute approximate surface area is 94.8 Å². The molecular weight excluding hydrogens is 182 g/mol. The van der Waals surface area contributed by atoms with E-state index in [1.807, 2.05) is 0 Å². The molecule has 2 N–H and O–H groups in total. The van der Waals surface area contributed by atoms with Crippen molar-refractivity contribution in [2.75, 3.05) is 0 Å². The van der Waals surface area contributed by atoms with Crippen molar-refractivity contribution in [3.63, 3.8) is 0 Å². The maximum atomic E-state index is 6.38. The zero-order valence-electron chi connectivity index (χ0n) is 10.1. The van der Waals surface area contributed by atoms with Gasteiger partial charge in [0.25, 0.3) is 0 Å². The van der Waals surface area contributed by atoms with Crippen molar-refractivity contribution in [1.29, 1.82) is 0 Å². The van der Waals surface area contributed by atoms with Crippen LogP contribution in [0.15, 0.2) is 0 Å². The van der Waals surface area contributed by atoms with E-state index in [2.05, 4.69) is 0 Å². The second kappa shape index (κ2) is 5.89. The molecule has 0 heterocycles. The highest BCUT2D eigenvalue weighted by atomic mass is 14.7. The van der Waals surface area contributed by atoms with Crippen LogP contribution in [0.1, 0.15) is 70.6 Å². The number of hydrogen-bond acceptors (Lipinski definition) is 1. The highest BCUT2D eigenvalue weighted by Crippen LogP contribution is 2.34. The van der Waals surface area contributed by atoms with E-state index in [1.54, 1.807) is 0 Å². The number of hydrogen-bond donors (Lipinski definition) is 1. The third-order valence-corrected chi connectivity index (χ3v) is 4.59. The summed E-state index contributed by atoms with van der Waals surface area (Å²) in [5.41, 5.74) is 6.38. The summed E-state index contributed by atoms with van der Waals surface area (Å²) in [6.07, 6.45) is 15.8. The minimum Gasteiger partial charge on any atom is -0.327 e. The molecule has 1 nitrogen and oxygen atoms in total. The Morgan fingerprint density at radius 1 is 0.800 bits per heavy atom. The minimum atomic E-state index is 0.522. The van der Waals surface area contributed by atoms with Gasteiger partial charge in [0.15, 0.2) is 0 Å². The highest BCUT2D eigenvalue weighted by Gasteiger charge is 2.25. The van der Waals surface area contributed by atoms with Gasteiger partial charge in [0.1, 0.15) is 0 Å². The summed E-state index contributed by atoms with van der Waals surface area (Å²) in [5, 5.41) is 0. The summed E-state index contributed by atoms with van der Waals surface area (Å²) < 4.78 is 0. The SMILES string of the molecule is NC(CC1CCC1)C1CCCCCCC1. The van der Waals surface area contributed by atoms with Crippen LogP contribution in [0, 0.1) is 11.8 Å². The van der Waals surface area contributed by atoms with Gasteiger partial charge >= 0.3 is 0 Å². The molecule has 2 rings (SSSR count). The van der Waals surface area contributed by atoms with Crippen molar-refractivity contribution in [2.24, 2.45) is 17.6 Å². The van der Waals surface area contributed by atoms with Gasteiger partial charge in [-0.1, -0.05) is 51.4 Å². The van der Waals surface area contributed by atoms with Crippen LogP contribution in [-0.2, 0) is 0 Å². The first-order chi connectivity index (χ1) is 7.36. The Balaban J connectivity index is 1.72. The van der Waals surface area contributed by atoms with Crippen LogP contribution in [0.4, 0.5) is 0 Å². The molecule has 0 spiro atoms. The molecular formula is C14H27N. The van der Waals surface area contributed by atoms with Crippen molar-refractivity contribution in [3.05, 3.63) is 0 Å². The maximum Gasteiger partial charge on any atom is 0.00697 e. The molecule has 0 aliphatic heterocycles. The van der Waals surface area contributed by atoms with Gasteiger partial charge in [-0.2, -0.15) is 0 Å². The Morgan fingerprint density at radius 3 is 1.93 bits per heavy atom. The van der Waals surface area contributed by atoms with E-state index in [9.17, 15) is 0 Å². The average molecular weight is 209 g/mol. The van der Waals surface area contributed by atoms with Crippen molar-refractivity contribution in [2.45, 2.75) is 76.7 Å². The van der Waals surface area contributed by atoms with Crippen molar-refractivity contribution < 1.29 is 0 Å². The molecule has 1 heteroatoms. The third kappa shape index (κ3) is 3.48. The maximum absolute atomic E-state index is 6.38. The van der Waals surface area contributed by atoms with E-state index in [4.69, 9.17) is 5.73 Å². The largest absolute Gasteiger partial charge is 0.327 e. The lowest BCUT2D eigenvalue weighted by Crippen LogP contribution is -2.34. The molecule has 0 bridgehead atoms. The highest BCUT2D eigenvalue weighted by molar-refractivity contribution is 4.80. The monoisotopic (exact) mass is 209 g/mol. The van der Waals surface area contributed by atoms with Crippen LogP contribution >= 0.6 is 0 Å². The van der Waals surface area contributed by atoms with Crippen LogP contribution in [0.5, 0.6) is 0 Å². The zero-order chi connectivity index (χ0) is 10.5. The molecule has 0 aromatic heterocycles. The Kier molecular flexibility index (Phi) is 4.49. The normalized spacial score (nSPS) is 27.8. The fourth-order valence-corrected chi connectivity index (χ4v) is 3.22. The molecule has 2 aliphatic carbocycles. The molecule has 15 heavy (non-hydrogen) atoms. The van der Waals surface area contributed by atoms with E-state index < -0.39 is 0 Å². The lowest BCUT2D eigenvalue weighted by Gasteiger charge is -2.32. The van der Waals surface area contributed by atoms with Gasteiger partial charge in [-0.25, -0.2) is 0 Å². The first kappa shape index (κ1) is 11.4. The van der Waals surface area contributed by atoms with E-state index >= 15 is 0 Å². The quantitative estimate of drug-likeness (QED) is 0.750. The van der Waals surface area contributed by atoms with Crippen LogP contribution in [0.25, 0.3) is 0 Å². The Morgan fingerprint density at radius 2 is 1.40 bits per heavy atom. The van der Waals surface area contributed by atoms with Gasteiger partial charge < -0.3 is 5.73 Å². The summed E-state index contributed by atoms with van der Waals surface area (Å²) in [7, 11) is 0. The van der Waals surface area contributed by atoms with Crippen molar-refractivity contribution >= 4 is 0 Å². The molecule has 0 aromatic carbocycles. The molecule has 2 saturated carbocycles. The lowest BCUT2D eigenvalue weighted by molar-refractivity contribution is 0.226. The first-order valence-corrected chi connectivity index (χ1v) is 7.12. The standard InChI is InChI=1S/C14H27N/c15-14(11-12-7-6-8-12)13-9-4-2-1-3-5-10-13/h12-14H,1-11,15H2. The van der Waals surface area contributed by atoms with Gasteiger partial charge in [-0.15, -0.1) is 0 Å².